The molecular formula is C11H13NO2. The molecule has 0 fully saturated rings. The zero-order chi connectivity index (χ0) is 10.4. The van der Waals surface area contributed by atoms with Crippen LogP contribution in [0.15, 0.2) is 24.3 Å². The minimum Gasteiger partial charge on any atom is -0.496 e. The summed E-state index contributed by atoms with van der Waals surface area (Å²) < 4.78 is 10.4. The van der Waals surface area contributed by atoms with Crippen LogP contribution in [0.1, 0.15) is 5.56 Å². The first kappa shape index (κ1) is 10.3. The first-order chi connectivity index (χ1) is 6.83. The molecule has 0 spiro atoms. The van der Waals surface area contributed by atoms with Crippen molar-refractivity contribution >= 4 is 12.3 Å². The Hall–Kier alpha value is -1.77. The minimum absolute atomic E-state index is 0.738. The average molecular weight is 191 g/mol. The van der Waals surface area contributed by atoms with Gasteiger partial charge in [0.05, 0.1) is 19.8 Å². The second-order valence-corrected chi connectivity index (χ2v) is 2.60. The highest BCUT2D eigenvalue weighted by Crippen LogP contribution is 2.29. The van der Waals surface area contributed by atoms with E-state index in [9.17, 15) is 0 Å². The summed E-state index contributed by atoms with van der Waals surface area (Å²) in [6.07, 6.45) is 4.62. The molecule has 1 aromatic rings. The summed E-state index contributed by atoms with van der Waals surface area (Å²) in [4.78, 5) is 0. The fraction of sp³-hybridized carbons (Fsp3) is 0.182. The fourth-order valence-corrected chi connectivity index (χ4v) is 1.19. The highest BCUT2D eigenvalue weighted by molar-refractivity contribution is 5.78. The molecule has 0 unspecified atom stereocenters. The summed E-state index contributed by atoms with van der Waals surface area (Å²) in [5, 5.41) is 6.91. The summed E-state index contributed by atoms with van der Waals surface area (Å²) in [5.41, 5.74) is 0.848. The maximum absolute atomic E-state index is 6.91. The molecule has 0 radical (unpaired) electrons. The third kappa shape index (κ3) is 2.13. The summed E-state index contributed by atoms with van der Waals surface area (Å²) in [6, 6.07) is 5.57. The van der Waals surface area contributed by atoms with Gasteiger partial charge in [0.1, 0.15) is 11.5 Å². The standard InChI is InChI=1S/C11H13NO2/c1-13-10-6-3-7-11(14-2)9(10)5-4-8-12/h3-8,12H,1-2H3/b5-4+,12-8?. The molecule has 0 aliphatic rings. The maximum Gasteiger partial charge on any atom is 0.129 e. The Bertz CT molecular complexity index is 323. The minimum atomic E-state index is 0.738. The molecule has 0 aliphatic heterocycles. The van der Waals surface area contributed by atoms with Gasteiger partial charge in [-0.2, -0.15) is 0 Å². The van der Waals surface area contributed by atoms with Crippen molar-refractivity contribution in [2.45, 2.75) is 0 Å². The molecule has 0 bridgehead atoms. The van der Waals surface area contributed by atoms with Crippen molar-refractivity contribution in [2.24, 2.45) is 0 Å². The predicted octanol–water partition coefficient (Wildman–Crippen LogP) is 2.37. The van der Waals surface area contributed by atoms with E-state index < -0.39 is 0 Å². The smallest absolute Gasteiger partial charge is 0.129 e. The molecule has 0 aliphatic carbocycles. The van der Waals surface area contributed by atoms with Crippen molar-refractivity contribution in [3.8, 4) is 11.5 Å². The van der Waals surface area contributed by atoms with Gasteiger partial charge in [-0.25, -0.2) is 0 Å². The number of rotatable bonds is 4. The molecule has 3 heteroatoms. The van der Waals surface area contributed by atoms with Gasteiger partial charge < -0.3 is 14.9 Å². The zero-order valence-corrected chi connectivity index (χ0v) is 8.28. The molecule has 0 saturated heterocycles. The number of hydrogen-bond donors (Lipinski definition) is 1. The molecule has 1 N–H and O–H groups in total. The van der Waals surface area contributed by atoms with Crippen LogP contribution in [0.2, 0.25) is 0 Å². The van der Waals surface area contributed by atoms with Crippen molar-refractivity contribution in [2.75, 3.05) is 14.2 Å². The lowest BCUT2D eigenvalue weighted by Gasteiger charge is -2.08. The molecular weight excluding hydrogens is 178 g/mol. The summed E-state index contributed by atoms with van der Waals surface area (Å²) >= 11 is 0. The zero-order valence-electron chi connectivity index (χ0n) is 8.28. The maximum atomic E-state index is 6.91. The van der Waals surface area contributed by atoms with E-state index in [1.165, 1.54) is 6.21 Å². The van der Waals surface area contributed by atoms with Crippen molar-refractivity contribution in [3.63, 3.8) is 0 Å². The predicted molar refractivity (Wildman–Crippen MR) is 57.4 cm³/mol. The fourth-order valence-electron chi connectivity index (χ4n) is 1.19. The quantitative estimate of drug-likeness (QED) is 0.742. The van der Waals surface area contributed by atoms with Gasteiger partial charge in [-0.1, -0.05) is 6.07 Å². The molecule has 0 amide bonds. The van der Waals surface area contributed by atoms with Gasteiger partial charge in [-0.15, -0.1) is 0 Å². The molecule has 14 heavy (non-hydrogen) atoms. The first-order valence-electron chi connectivity index (χ1n) is 4.21. The van der Waals surface area contributed by atoms with Gasteiger partial charge in [-0.3, -0.25) is 0 Å². The second kappa shape index (κ2) is 5.07. The highest BCUT2D eigenvalue weighted by Gasteiger charge is 2.05. The Kier molecular flexibility index (Phi) is 3.73. The summed E-state index contributed by atoms with van der Waals surface area (Å²) in [5.74, 6) is 1.48. The highest BCUT2D eigenvalue weighted by atomic mass is 16.5. The van der Waals surface area contributed by atoms with Crippen LogP contribution in [0, 0.1) is 5.41 Å². The van der Waals surface area contributed by atoms with Crippen LogP contribution in [-0.4, -0.2) is 20.4 Å². The Morgan fingerprint density at radius 3 is 2.14 bits per heavy atom. The van der Waals surface area contributed by atoms with Crippen molar-refractivity contribution < 1.29 is 9.47 Å². The third-order valence-corrected chi connectivity index (χ3v) is 1.83. The number of benzene rings is 1. The van der Waals surface area contributed by atoms with Crippen LogP contribution in [0.4, 0.5) is 0 Å². The Morgan fingerprint density at radius 1 is 1.14 bits per heavy atom. The monoisotopic (exact) mass is 191 g/mol. The Labute approximate surface area is 83.5 Å². The molecule has 0 aromatic heterocycles. The van der Waals surface area contributed by atoms with E-state index in [2.05, 4.69) is 0 Å². The molecule has 1 aromatic carbocycles. The van der Waals surface area contributed by atoms with Crippen LogP contribution in [0.25, 0.3) is 6.08 Å². The van der Waals surface area contributed by atoms with Gasteiger partial charge in [0.25, 0.3) is 0 Å². The van der Waals surface area contributed by atoms with Crippen LogP contribution in [-0.2, 0) is 0 Å². The van der Waals surface area contributed by atoms with E-state index >= 15 is 0 Å². The van der Waals surface area contributed by atoms with E-state index in [0.717, 1.165) is 17.1 Å². The topological polar surface area (TPSA) is 42.3 Å². The van der Waals surface area contributed by atoms with E-state index in [1.807, 2.05) is 18.2 Å². The van der Waals surface area contributed by atoms with Crippen LogP contribution < -0.4 is 9.47 Å². The van der Waals surface area contributed by atoms with Gasteiger partial charge in [0.15, 0.2) is 0 Å². The van der Waals surface area contributed by atoms with E-state index in [0.29, 0.717) is 0 Å². The second-order valence-electron chi connectivity index (χ2n) is 2.60. The number of hydrogen-bond acceptors (Lipinski definition) is 3. The van der Waals surface area contributed by atoms with Gasteiger partial charge in [0.2, 0.25) is 0 Å². The lowest BCUT2D eigenvalue weighted by molar-refractivity contribution is 0.392. The summed E-state index contributed by atoms with van der Waals surface area (Å²) in [6.45, 7) is 0. The van der Waals surface area contributed by atoms with Crippen molar-refractivity contribution in [1.82, 2.24) is 0 Å². The summed E-state index contributed by atoms with van der Waals surface area (Å²) in [7, 11) is 3.22. The number of nitrogens with one attached hydrogen (secondary N) is 1. The SMILES string of the molecule is COc1cccc(OC)c1/C=C/C=N. The van der Waals surface area contributed by atoms with Crippen LogP contribution >= 0.6 is 0 Å². The number of allylic oxidation sites excluding steroid dienone is 1. The van der Waals surface area contributed by atoms with Gasteiger partial charge in [0, 0.05) is 6.21 Å². The number of ether oxygens (including phenoxy) is 2. The molecule has 3 nitrogen and oxygen atoms in total. The van der Waals surface area contributed by atoms with Gasteiger partial charge >= 0.3 is 0 Å². The molecule has 1 rings (SSSR count). The molecule has 0 atom stereocenters. The van der Waals surface area contributed by atoms with Crippen LogP contribution in [0.3, 0.4) is 0 Å². The molecule has 74 valence electrons. The Balaban J connectivity index is 3.18. The van der Waals surface area contributed by atoms with Crippen LogP contribution in [0.5, 0.6) is 11.5 Å². The number of methoxy groups -OCH3 is 2. The lowest BCUT2D eigenvalue weighted by atomic mass is 10.1. The van der Waals surface area contributed by atoms with E-state index in [-0.39, 0.29) is 0 Å². The third-order valence-electron chi connectivity index (χ3n) is 1.83. The lowest BCUT2D eigenvalue weighted by Crippen LogP contribution is -1.91. The Morgan fingerprint density at radius 2 is 1.71 bits per heavy atom. The molecule has 0 heterocycles. The van der Waals surface area contributed by atoms with E-state index in [4.69, 9.17) is 14.9 Å². The van der Waals surface area contributed by atoms with Crippen molar-refractivity contribution in [1.29, 1.82) is 5.41 Å². The van der Waals surface area contributed by atoms with E-state index in [1.54, 1.807) is 26.4 Å². The largest absolute Gasteiger partial charge is 0.496 e. The average Bonchev–Trinajstić information content (AvgIpc) is 2.25. The molecule has 0 saturated carbocycles. The normalized spacial score (nSPS) is 10.1. The van der Waals surface area contributed by atoms with Gasteiger partial charge in [-0.05, 0) is 24.3 Å². The van der Waals surface area contributed by atoms with Crippen molar-refractivity contribution in [3.05, 3.63) is 29.8 Å². The first-order valence-corrected chi connectivity index (χ1v) is 4.21.